The lowest BCUT2D eigenvalue weighted by molar-refractivity contribution is -0.159. The highest BCUT2D eigenvalue weighted by Gasteiger charge is 2.41. The van der Waals surface area contributed by atoms with E-state index >= 15 is 0 Å². The molecule has 0 saturated heterocycles. The average molecular weight is 327 g/mol. The van der Waals surface area contributed by atoms with Crippen LogP contribution < -0.4 is 4.74 Å². The van der Waals surface area contributed by atoms with E-state index < -0.39 is 5.60 Å². The van der Waals surface area contributed by atoms with E-state index in [0.717, 1.165) is 27.8 Å². The van der Waals surface area contributed by atoms with Crippen LogP contribution in [-0.2, 0) is 16.0 Å². The summed E-state index contributed by atoms with van der Waals surface area (Å²) in [4.78, 5) is 11.9. The normalized spacial score (nSPS) is 21.6. The lowest BCUT2D eigenvalue weighted by atomic mass is 9.88. The first-order chi connectivity index (χ1) is 8.81. The van der Waals surface area contributed by atoms with Crippen molar-refractivity contribution in [1.29, 1.82) is 0 Å². The van der Waals surface area contributed by atoms with Crippen LogP contribution in [0.4, 0.5) is 0 Å². The number of esters is 1. The van der Waals surface area contributed by atoms with E-state index in [2.05, 4.69) is 29.8 Å². The predicted molar refractivity (Wildman–Crippen MR) is 77.7 cm³/mol. The van der Waals surface area contributed by atoms with Gasteiger partial charge >= 0.3 is 5.97 Å². The Morgan fingerprint density at radius 2 is 1.89 bits per heavy atom. The highest BCUT2D eigenvalue weighted by Crippen LogP contribution is 2.42. The zero-order valence-electron chi connectivity index (χ0n) is 12.0. The molecule has 1 aliphatic heterocycles. The van der Waals surface area contributed by atoms with Crippen molar-refractivity contribution < 1.29 is 14.3 Å². The van der Waals surface area contributed by atoms with E-state index in [1.807, 2.05) is 6.92 Å². The zero-order valence-corrected chi connectivity index (χ0v) is 13.6. The molecule has 0 radical (unpaired) electrons. The van der Waals surface area contributed by atoms with Crippen LogP contribution in [0.15, 0.2) is 4.47 Å². The Bertz CT molecular complexity index is 551. The fraction of sp³-hybridized carbons (Fsp3) is 0.533. The smallest absolute Gasteiger partial charge is 0.349 e. The number of carbonyl (C=O) groups excluding carboxylic acids is 1. The summed E-state index contributed by atoms with van der Waals surface area (Å²) in [5, 5.41) is 0. The van der Waals surface area contributed by atoms with Crippen LogP contribution in [0.1, 0.15) is 35.6 Å². The van der Waals surface area contributed by atoms with Crippen LogP contribution in [0.3, 0.4) is 0 Å². The van der Waals surface area contributed by atoms with Crippen molar-refractivity contribution in [1.82, 2.24) is 0 Å². The molecule has 4 heteroatoms. The quantitative estimate of drug-likeness (QED) is 0.739. The Labute approximate surface area is 122 Å². The minimum absolute atomic E-state index is 0.309. The van der Waals surface area contributed by atoms with E-state index in [9.17, 15) is 4.79 Å². The summed E-state index contributed by atoms with van der Waals surface area (Å²) in [6, 6.07) is 0. The maximum atomic E-state index is 11.9. The molecular weight excluding hydrogens is 308 g/mol. The molecule has 1 aromatic carbocycles. The Kier molecular flexibility index (Phi) is 3.65. The van der Waals surface area contributed by atoms with Crippen molar-refractivity contribution >= 4 is 21.9 Å². The molecule has 0 N–H and O–H groups in total. The van der Waals surface area contributed by atoms with Gasteiger partial charge in [0.15, 0.2) is 0 Å². The van der Waals surface area contributed by atoms with E-state index in [4.69, 9.17) is 9.47 Å². The number of hydrogen-bond acceptors (Lipinski definition) is 3. The first kappa shape index (κ1) is 14.4. The van der Waals surface area contributed by atoms with Crippen LogP contribution in [0, 0.1) is 20.8 Å². The minimum atomic E-state index is -0.876. The molecule has 1 aromatic rings. The third-order valence-electron chi connectivity index (χ3n) is 4.08. The van der Waals surface area contributed by atoms with Gasteiger partial charge in [-0.2, -0.15) is 0 Å². The molecule has 0 saturated carbocycles. The summed E-state index contributed by atoms with van der Waals surface area (Å²) in [6.45, 7) is 7.97. The molecule has 3 nitrogen and oxygen atoms in total. The molecule has 1 atom stereocenters. The second-order valence-corrected chi connectivity index (χ2v) is 6.11. The second-order valence-electron chi connectivity index (χ2n) is 5.32. The van der Waals surface area contributed by atoms with Gasteiger partial charge in [0.05, 0.1) is 7.11 Å². The van der Waals surface area contributed by atoms with Crippen molar-refractivity contribution in [2.24, 2.45) is 0 Å². The Hall–Kier alpha value is -1.03. The summed E-state index contributed by atoms with van der Waals surface area (Å²) in [6.07, 6.45) is 1.47. The number of ether oxygens (including phenoxy) is 2. The lowest BCUT2D eigenvalue weighted by Crippen LogP contribution is -2.45. The molecule has 104 valence electrons. The largest absolute Gasteiger partial charge is 0.475 e. The number of rotatable bonds is 1. The molecule has 0 aromatic heterocycles. The predicted octanol–water partition coefficient (Wildman–Crippen LogP) is 3.63. The average Bonchev–Trinajstić information content (AvgIpc) is 2.41. The van der Waals surface area contributed by atoms with Crippen molar-refractivity contribution in [3.8, 4) is 5.75 Å². The van der Waals surface area contributed by atoms with Crippen molar-refractivity contribution in [3.05, 3.63) is 26.7 Å². The summed E-state index contributed by atoms with van der Waals surface area (Å²) >= 11 is 3.63. The summed E-state index contributed by atoms with van der Waals surface area (Å²) in [7, 11) is 1.40. The van der Waals surface area contributed by atoms with Gasteiger partial charge < -0.3 is 9.47 Å². The highest BCUT2D eigenvalue weighted by atomic mass is 79.9. The van der Waals surface area contributed by atoms with Crippen molar-refractivity contribution in [2.45, 2.75) is 46.1 Å². The molecule has 0 bridgehead atoms. The molecule has 1 aliphatic rings. The van der Waals surface area contributed by atoms with E-state index in [-0.39, 0.29) is 5.97 Å². The number of hydrogen-bond donors (Lipinski definition) is 0. The Morgan fingerprint density at radius 1 is 1.26 bits per heavy atom. The van der Waals surface area contributed by atoms with Gasteiger partial charge in [0.2, 0.25) is 5.60 Å². The summed E-state index contributed by atoms with van der Waals surface area (Å²) < 4.78 is 12.0. The number of halogens is 1. The first-order valence-corrected chi connectivity index (χ1v) is 7.16. The molecular formula is C15H19BrO3. The molecule has 1 unspecified atom stereocenters. The van der Waals surface area contributed by atoms with Crippen molar-refractivity contribution in [3.63, 3.8) is 0 Å². The fourth-order valence-corrected chi connectivity index (χ4v) is 3.12. The molecule has 0 fully saturated rings. The third kappa shape index (κ3) is 2.16. The van der Waals surface area contributed by atoms with Gasteiger partial charge in [-0.05, 0) is 56.4 Å². The Morgan fingerprint density at radius 3 is 2.47 bits per heavy atom. The number of benzene rings is 1. The molecule has 2 rings (SSSR count). The van der Waals surface area contributed by atoms with Crippen LogP contribution in [0.2, 0.25) is 0 Å². The third-order valence-corrected chi connectivity index (χ3v) is 5.27. The van der Waals surface area contributed by atoms with Crippen LogP contribution in [-0.4, -0.2) is 18.7 Å². The number of carbonyl (C=O) groups is 1. The molecule has 1 heterocycles. The van der Waals surface area contributed by atoms with E-state index in [1.54, 1.807) is 6.92 Å². The number of fused-ring (bicyclic) bond motifs is 1. The fourth-order valence-electron chi connectivity index (χ4n) is 2.58. The van der Waals surface area contributed by atoms with Crippen LogP contribution in [0.5, 0.6) is 5.75 Å². The lowest BCUT2D eigenvalue weighted by Gasteiger charge is -2.35. The van der Waals surface area contributed by atoms with E-state index in [1.165, 1.54) is 18.2 Å². The maximum Gasteiger partial charge on any atom is 0.349 e. The molecule has 0 spiro atoms. The minimum Gasteiger partial charge on any atom is -0.475 e. The zero-order chi connectivity index (χ0) is 14.4. The van der Waals surface area contributed by atoms with Crippen LogP contribution in [0.25, 0.3) is 0 Å². The summed E-state index contributed by atoms with van der Waals surface area (Å²) in [5.41, 5.74) is 3.76. The van der Waals surface area contributed by atoms with Gasteiger partial charge in [-0.1, -0.05) is 15.9 Å². The van der Waals surface area contributed by atoms with Gasteiger partial charge in [-0.3, -0.25) is 0 Å². The highest BCUT2D eigenvalue weighted by molar-refractivity contribution is 9.10. The van der Waals surface area contributed by atoms with Gasteiger partial charge in [-0.25, -0.2) is 4.79 Å². The summed E-state index contributed by atoms with van der Waals surface area (Å²) in [5.74, 6) is 0.535. The molecule has 0 aliphatic carbocycles. The van der Waals surface area contributed by atoms with Gasteiger partial charge in [0, 0.05) is 10.9 Å². The number of methoxy groups -OCH3 is 1. The Balaban J connectivity index is 2.55. The topological polar surface area (TPSA) is 35.5 Å². The monoisotopic (exact) mass is 326 g/mol. The second kappa shape index (κ2) is 4.82. The SMILES string of the molecule is COC(=O)C1(C)CCc2c(C)c(Br)c(C)c(C)c2O1. The van der Waals surface area contributed by atoms with Gasteiger partial charge in [-0.15, -0.1) is 0 Å². The molecule has 0 amide bonds. The van der Waals surface area contributed by atoms with Crippen molar-refractivity contribution in [2.75, 3.05) is 7.11 Å². The standard InChI is InChI=1S/C15H19BrO3/c1-8-9(2)13-11(10(3)12(8)16)6-7-15(4,19-13)14(17)18-5/h6-7H2,1-5H3. The van der Waals surface area contributed by atoms with Gasteiger partial charge in [0.1, 0.15) is 5.75 Å². The first-order valence-electron chi connectivity index (χ1n) is 6.37. The van der Waals surface area contributed by atoms with E-state index in [0.29, 0.717) is 6.42 Å². The van der Waals surface area contributed by atoms with Gasteiger partial charge in [0.25, 0.3) is 0 Å². The van der Waals surface area contributed by atoms with Crippen LogP contribution >= 0.6 is 15.9 Å². The maximum absolute atomic E-state index is 11.9. The molecule has 19 heavy (non-hydrogen) atoms.